The van der Waals surface area contributed by atoms with Gasteiger partial charge in [0.1, 0.15) is 11.4 Å². The number of rotatable bonds is 4. The number of aromatic amines is 1. The second-order valence-corrected chi connectivity index (χ2v) is 6.93. The summed E-state index contributed by atoms with van der Waals surface area (Å²) in [7, 11) is 1.64. The lowest BCUT2D eigenvalue weighted by atomic mass is 10.1. The van der Waals surface area contributed by atoms with E-state index in [9.17, 15) is 4.79 Å². The summed E-state index contributed by atoms with van der Waals surface area (Å²) in [6.07, 6.45) is 2.10. The molecular formula is C22H19N3O2. The van der Waals surface area contributed by atoms with Gasteiger partial charge < -0.3 is 15.0 Å². The average molecular weight is 357 g/mol. The van der Waals surface area contributed by atoms with Crippen LogP contribution < -0.4 is 10.1 Å². The molecule has 0 aliphatic heterocycles. The second kappa shape index (κ2) is 6.13. The van der Waals surface area contributed by atoms with Crippen molar-refractivity contribution >= 4 is 27.7 Å². The molecule has 5 rings (SSSR count). The van der Waals surface area contributed by atoms with Gasteiger partial charge in [-0.2, -0.15) is 0 Å². The van der Waals surface area contributed by atoms with Crippen molar-refractivity contribution < 1.29 is 9.53 Å². The van der Waals surface area contributed by atoms with Gasteiger partial charge in [0, 0.05) is 27.9 Å². The van der Waals surface area contributed by atoms with E-state index >= 15 is 0 Å². The third-order valence-electron chi connectivity index (χ3n) is 5.01. The minimum absolute atomic E-state index is 0.112. The molecule has 0 atom stereocenters. The highest BCUT2D eigenvalue weighted by molar-refractivity contribution is 6.13. The number of nitrogens with one attached hydrogen (secondary N) is 2. The summed E-state index contributed by atoms with van der Waals surface area (Å²) in [6, 6.07) is 18.0. The fourth-order valence-corrected chi connectivity index (χ4v) is 3.41. The summed E-state index contributed by atoms with van der Waals surface area (Å²) in [5.41, 5.74) is 4.12. The predicted octanol–water partition coefficient (Wildman–Crippen LogP) is 4.28. The molecule has 134 valence electrons. The Morgan fingerprint density at radius 1 is 1.11 bits per heavy atom. The first-order valence-electron chi connectivity index (χ1n) is 9.09. The van der Waals surface area contributed by atoms with Gasteiger partial charge in [-0.25, -0.2) is 4.98 Å². The van der Waals surface area contributed by atoms with Crippen molar-refractivity contribution in [2.45, 2.75) is 18.9 Å². The topological polar surface area (TPSA) is 67.0 Å². The molecule has 0 unspecified atom stereocenters. The molecule has 0 saturated heterocycles. The maximum Gasteiger partial charge on any atom is 0.270 e. The number of amides is 1. The molecule has 1 saturated carbocycles. The van der Waals surface area contributed by atoms with Crippen molar-refractivity contribution in [3.8, 4) is 17.0 Å². The molecule has 0 radical (unpaired) electrons. The Kier molecular flexibility index (Phi) is 3.60. The fraction of sp³-hybridized carbons (Fsp3) is 0.182. The van der Waals surface area contributed by atoms with E-state index in [2.05, 4.69) is 16.4 Å². The van der Waals surface area contributed by atoms with Crippen LogP contribution in [0.15, 0.2) is 54.6 Å². The van der Waals surface area contributed by atoms with Crippen molar-refractivity contribution in [3.63, 3.8) is 0 Å². The third kappa shape index (κ3) is 2.81. The normalized spacial score (nSPS) is 13.8. The molecule has 27 heavy (non-hydrogen) atoms. The molecule has 5 nitrogen and oxygen atoms in total. The van der Waals surface area contributed by atoms with Crippen LogP contribution in [-0.4, -0.2) is 29.0 Å². The zero-order chi connectivity index (χ0) is 18.4. The Labute approximate surface area is 156 Å². The van der Waals surface area contributed by atoms with Crippen molar-refractivity contribution in [1.29, 1.82) is 0 Å². The molecule has 2 aromatic heterocycles. The number of pyridine rings is 1. The number of carbonyl (C=O) groups excluding carboxylic acids is 1. The first-order valence-corrected chi connectivity index (χ1v) is 9.09. The Hall–Kier alpha value is -3.34. The van der Waals surface area contributed by atoms with E-state index in [0.29, 0.717) is 11.7 Å². The monoisotopic (exact) mass is 357 g/mol. The molecule has 1 fully saturated rings. The second-order valence-electron chi connectivity index (χ2n) is 6.93. The molecule has 2 heterocycles. The van der Waals surface area contributed by atoms with Gasteiger partial charge in [-0.15, -0.1) is 0 Å². The van der Waals surface area contributed by atoms with Crippen LogP contribution in [0, 0.1) is 0 Å². The van der Waals surface area contributed by atoms with E-state index in [1.807, 2.05) is 48.5 Å². The molecule has 2 aromatic carbocycles. The number of fused-ring (bicyclic) bond motifs is 3. The van der Waals surface area contributed by atoms with Gasteiger partial charge in [-0.3, -0.25) is 4.79 Å². The van der Waals surface area contributed by atoms with Gasteiger partial charge in [-0.1, -0.05) is 18.2 Å². The Morgan fingerprint density at radius 3 is 2.63 bits per heavy atom. The predicted molar refractivity (Wildman–Crippen MR) is 106 cm³/mol. The van der Waals surface area contributed by atoms with E-state index < -0.39 is 0 Å². The Bertz CT molecular complexity index is 1160. The lowest BCUT2D eigenvalue weighted by molar-refractivity contribution is 0.0946. The number of hydrogen-bond donors (Lipinski definition) is 2. The first kappa shape index (κ1) is 15.9. The molecule has 0 bridgehead atoms. The molecule has 1 aliphatic rings. The Balaban J connectivity index is 1.73. The lowest BCUT2D eigenvalue weighted by Gasteiger charge is -2.08. The Morgan fingerprint density at radius 2 is 1.89 bits per heavy atom. The number of hydrogen-bond acceptors (Lipinski definition) is 3. The SMILES string of the molecule is COc1ccc(-c2nc(C(=O)NC3CC3)cc3c2[nH]c2ccccc23)cc1. The highest BCUT2D eigenvalue weighted by atomic mass is 16.5. The largest absolute Gasteiger partial charge is 0.497 e. The van der Waals surface area contributed by atoms with Crippen LogP contribution in [0.3, 0.4) is 0 Å². The lowest BCUT2D eigenvalue weighted by Crippen LogP contribution is -2.26. The highest BCUT2D eigenvalue weighted by Crippen LogP contribution is 2.33. The maximum absolute atomic E-state index is 12.7. The number of carbonyl (C=O) groups is 1. The summed E-state index contributed by atoms with van der Waals surface area (Å²) in [5.74, 6) is 0.675. The number of H-pyrrole nitrogens is 1. The van der Waals surface area contributed by atoms with E-state index in [-0.39, 0.29) is 5.91 Å². The van der Waals surface area contributed by atoms with Crippen LogP contribution in [0.4, 0.5) is 0 Å². The number of methoxy groups -OCH3 is 1. The quantitative estimate of drug-likeness (QED) is 0.573. The third-order valence-corrected chi connectivity index (χ3v) is 5.01. The molecule has 0 spiro atoms. The number of nitrogens with zero attached hydrogens (tertiary/aromatic N) is 1. The summed E-state index contributed by atoms with van der Waals surface area (Å²) < 4.78 is 5.26. The van der Waals surface area contributed by atoms with Crippen LogP contribution in [0.5, 0.6) is 5.75 Å². The maximum atomic E-state index is 12.7. The number of aromatic nitrogens is 2. The van der Waals surface area contributed by atoms with Gasteiger partial charge in [0.05, 0.1) is 18.3 Å². The van der Waals surface area contributed by atoms with Crippen LogP contribution in [0.1, 0.15) is 23.3 Å². The summed E-state index contributed by atoms with van der Waals surface area (Å²) >= 11 is 0. The highest BCUT2D eigenvalue weighted by Gasteiger charge is 2.25. The standard InChI is InChI=1S/C22H19N3O2/c1-27-15-10-6-13(7-11-15)20-21-17(16-4-2-3-5-18(16)24-21)12-19(25-20)22(26)23-14-8-9-14/h2-7,10-12,14,24H,8-9H2,1H3,(H,23,26). The summed E-state index contributed by atoms with van der Waals surface area (Å²) in [5, 5.41) is 5.14. The average Bonchev–Trinajstić information content (AvgIpc) is 3.45. The molecule has 1 aliphatic carbocycles. The molecule has 1 amide bonds. The molecule has 2 N–H and O–H groups in total. The molecular weight excluding hydrogens is 338 g/mol. The van der Waals surface area contributed by atoms with Crippen molar-refractivity contribution in [2.24, 2.45) is 0 Å². The summed E-state index contributed by atoms with van der Waals surface area (Å²) in [4.78, 5) is 20.9. The van der Waals surface area contributed by atoms with E-state index in [0.717, 1.165) is 51.7 Å². The zero-order valence-electron chi connectivity index (χ0n) is 15.0. The van der Waals surface area contributed by atoms with Gasteiger partial charge in [0.2, 0.25) is 0 Å². The van der Waals surface area contributed by atoms with Crippen molar-refractivity contribution in [2.75, 3.05) is 7.11 Å². The molecule has 5 heteroatoms. The minimum Gasteiger partial charge on any atom is -0.497 e. The van der Waals surface area contributed by atoms with Crippen LogP contribution in [-0.2, 0) is 0 Å². The van der Waals surface area contributed by atoms with Gasteiger partial charge in [0.15, 0.2) is 0 Å². The smallest absolute Gasteiger partial charge is 0.270 e. The van der Waals surface area contributed by atoms with Crippen LogP contribution in [0.25, 0.3) is 33.1 Å². The zero-order valence-corrected chi connectivity index (χ0v) is 15.0. The van der Waals surface area contributed by atoms with E-state index in [4.69, 9.17) is 9.72 Å². The first-order chi connectivity index (χ1) is 13.2. The summed E-state index contributed by atoms with van der Waals surface area (Å²) in [6.45, 7) is 0. The number of para-hydroxylation sites is 1. The van der Waals surface area contributed by atoms with Gasteiger partial charge >= 0.3 is 0 Å². The van der Waals surface area contributed by atoms with Gasteiger partial charge in [-0.05, 0) is 49.2 Å². The van der Waals surface area contributed by atoms with Gasteiger partial charge in [0.25, 0.3) is 5.91 Å². The van der Waals surface area contributed by atoms with Crippen LogP contribution >= 0.6 is 0 Å². The van der Waals surface area contributed by atoms with Crippen molar-refractivity contribution in [3.05, 3.63) is 60.3 Å². The number of ether oxygens (including phenoxy) is 1. The fourth-order valence-electron chi connectivity index (χ4n) is 3.41. The number of benzene rings is 2. The molecule has 4 aromatic rings. The van der Waals surface area contributed by atoms with Crippen LogP contribution in [0.2, 0.25) is 0 Å². The van der Waals surface area contributed by atoms with E-state index in [1.165, 1.54) is 0 Å². The van der Waals surface area contributed by atoms with Crippen molar-refractivity contribution in [1.82, 2.24) is 15.3 Å². The minimum atomic E-state index is -0.112. The van der Waals surface area contributed by atoms with E-state index in [1.54, 1.807) is 7.11 Å².